The lowest BCUT2D eigenvalue weighted by atomic mass is 10.1. The van der Waals surface area contributed by atoms with Crippen LogP contribution in [0.4, 0.5) is 5.95 Å². The molecular formula is C20H22ClN7O2. The molecule has 0 bridgehead atoms. The molecule has 0 saturated heterocycles. The van der Waals surface area contributed by atoms with Crippen LogP contribution in [0, 0.1) is 13.8 Å². The Morgan fingerprint density at radius 2 is 1.87 bits per heavy atom. The predicted octanol–water partition coefficient (Wildman–Crippen LogP) is 2.40. The summed E-state index contributed by atoms with van der Waals surface area (Å²) >= 11 is 6.37. The average molecular weight is 428 g/mol. The molecule has 4 rings (SSSR count). The highest BCUT2D eigenvalue weighted by atomic mass is 35.5. The zero-order valence-electron chi connectivity index (χ0n) is 17.0. The first-order chi connectivity index (χ1) is 14.4. The minimum atomic E-state index is -0.238. The number of aromatic nitrogens is 6. The van der Waals surface area contributed by atoms with Gasteiger partial charge in [-0.2, -0.15) is 9.97 Å². The highest BCUT2D eigenvalue weighted by molar-refractivity contribution is 6.33. The van der Waals surface area contributed by atoms with Crippen molar-refractivity contribution in [3.05, 3.63) is 63.2 Å². The summed E-state index contributed by atoms with van der Waals surface area (Å²) in [6, 6.07) is 3.87. The fourth-order valence-electron chi connectivity index (χ4n) is 3.65. The third-order valence-electron chi connectivity index (χ3n) is 5.17. The van der Waals surface area contributed by atoms with E-state index in [-0.39, 0.29) is 23.3 Å². The zero-order valence-corrected chi connectivity index (χ0v) is 17.7. The van der Waals surface area contributed by atoms with Crippen molar-refractivity contribution >= 4 is 28.7 Å². The van der Waals surface area contributed by atoms with Gasteiger partial charge in [-0.1, -0.05) is 11.6 Å². The van der Waals surface area contributed by atoms with Gasteiger partial charge in [0.2, 0.25) is 5.95 Å². The number of anilines is 1. The van der Waals surface area contributed by atoms with Gasteiger partial charge in [0.25, 0.3) is 0 Å². The molecule has 0 aliphatic heterocycles. The highest BCUT2D eigenvalue weighted by Gasteiger charge is 2.20. The second-order valence-corrected chi connectivity index (χ2v) is 7.37. The molecule has 9 nitrogen and oxygen atoms in total. The summed E-state index contributed by atoms with van der Waals surface area (Å²) in [4.78, 5) is 26.1. The molecule has 0 saturated carbocycles. The Bertz CT molecular complexity index is 1280. The van der Waals surface area contributed by atoms with E-state index in [9.17, 15) is 4.79 Å². The predicted molar refractivity (Wildman–Crippen MR) is 115 cm³/mol. The number of halogens is 1. The van der Waals surface area contributed by atoms with E-state index < -0.39 is 0 Å². The average Bonchev–Trinajstić information content (AvgIpc) is 3.30. The van der Waals surface area contributed by atoms with Crippen LogP contribution in [0.2, 0.25) is 5.15 Å². The Labute approximate surface area is 177 Å². The minimum absolute atomic E-state index is 0.0140. The molecular weight excluding hydrogens is 406 g/mol. The smallest absolute Gasteiger partial charge is 0.330 e. The van der Waals surface area contributed by atoms with Crippen LogP contribution >= 0.6 is 11.6 Å². The summed E-state index contributed by atoms with van der Waals surface area (Å²) < 4.78 is 10.6. The van der Waals surface area contributed by atoms with Crippen LogP contribution in [0.25, 0.3) is 11.2 Å². The van der Waals surface area contributed by atoms with Crippen molar-refractivity contribution in [2.24, 2.45) is 0 Å². The quantitative estimate of drug-likeness (QED) is 0.473. The molecule has 0 unspecified atom stereocenters. The van der Waals surface area contributed by atoms with Crippen LogP contribution in [0.15, 0.2) is 35.5 Å². The lowest BCUT2D eigenvalue weighted by molar-refractivity contribution is 0.405. The van der Waals surface area contributed by atoms with Crippen LogP contribution in [0.3, 0.4) is 0 Å². The Kier molecular flexibility index (Phi) is 5.21. The molecule has 30 heavy (non-hydrogen) atoms. The SMILES string of the molecule is COc1c(C)ncc(Cn2c(=O)n(CCn3cccc3)c3c(Cl)nc(N)nc32)c1C. The normalized spacial score (nSPS) is 11.3. The van der Waals surface area contributed by atoms with Crippen molar-refractivity contribution in [3.8, 4) is 5.75 Å². The number of ether oxygens (including phenoxy) is 1. The molecule has 0 radical (unpaired) electrons. The molecule has 0 amide bonds. The number of hydrogen-bond acceptors (Lipinski definition) is 6. The standard InChI is InChI=1S/C20H22ClN7O2/c1-12-14(10-23-13(2)16(12)30-3)11-28-18-15(17(21)24-19(22)25-18)27(20(28)29)9-8-26-6-4-5-7-26/h4-7,10H,8-9,11H2,1-3H3,(H2,22,24,25). The van der Waals surface area contributed by atoms with Gasteiger partial charge in [-0.25, -0.2) is 4.79 Å². The number of nitrogen functional groups attached to an aromatic ring is 1. The number of pyridine rings is 1. The summed E-state index contributed by atoms with van der Waals surface area (Å²) in [6.45, 7) is 5.09. The fourth-order valence-corrected chi connectivity index (χ4v) is 3.92. The number of hydrogen-bond donors (Lipinski definition) is 1. The minimum Gasteiger partial charge on any atom is -0.495 e. The van der Waals surface area contributed by atoms with Gasteiger partial charge in [0.15, 0.2) is 10.8 Å². The van der Waals surface area contributed by atoms with Crippen LogP contribution in [0.5, 0.6) is 5.75 Å². The maximum atomic E-state index is 13.3. The zero-order chi connectivity index (χ0) is 21.4. The molecule has 156 valence electrons. The maximum absolute atomic E-state index is 13.3. The molecule has 4 aromatic rings. The Hall–Kier alpha value is -3.33. The van der Waals surface area contributed by atoms with Crippen LogP contribution < -0.4 is 16.2 Å². The molecule has 10 heteroatoms. The van der Waals surface area contributed by atoms with E-state index in [4.69, 9.17) is 22.1 Å². The van der Waals surface area contributed by atoms with E-state index in [1.54, 1.807) is 22.4 Å². The number of nitrogens with zero attached hydrogens (tertiary/aromatic N) is 6. The van der Waals surface area contributed by atoms with Crippen molar-refractivity contribution in [2.45, 2.75) is 33.5 Å². The molecule has 0 fully saturated rings. The largest absolute Gasteiger partial charge is 0.495 e. The van der Waals surface area contributed by atoms with Gasteiger partial charge in [-0.15, -0.1) is 0 Å². The van der Waals surface area contributed by atoms with E-state index in [1.165, 1.54) is 0 Å². The molecule has 0 aliphatic rings. The summed E-state index contributed by atoms with van der Waals surface area (Å²) in [6.07, 6.45) is 5.62. The first kappa shape index (κ1) is 20.0. The maximum Gasteiger partial charge on any atom is 0.330 e. The van der Waals surface area contributed by atoms with Gasteiger partial charge in [-0.05, 0) is 37.1 Å². The monoisotopic (exact) mass is 427 g/mol. The summed E-state index contributed by atoms with van der Waals surface area (Å²) in [5.41, 5.74) is 8.99. The van der Waals surface area contributed by atoms with E-state index in [0.717, 1.165) is 16.8 Å². The van der Waals surface area contributed by atoms with Crippen molar-refractivity contribution in [2.75, 3.05) is 12.8 Å². The highest BCUT2D eigenvalue weighted by Crippen LogP contribution is 2.26. The van der Waals surface area contributed by atoms with Crippen LogP contribution in [-0.4, -0.2) is 35.8 Å². The van der Waals surface area contributed by atoms with Crippen molar-refractivity contribution in [3.63, 3.8) is 0 Å². The van der Waals surface area contributed by atoms with Gasteiger partial charge >= 0.3 is 5.69 Å². The summed E-state index contributed by atoms with van der Waals surface area (Å²) in [5, 5.41) is 0.150. The molecule has 0 aromatic carbocycles. The van der Waals surface area contributed by atoms with E-state index >= 15 is 0 Å². The topological polar surface area (TPSA) is 106 Å². The van der Waals surface area contributed by atoms with Gasteiger partial charge in [0, 0.05) is 31.7 Å². The first-order valence-electron chi connectivity index (χ1n) is 9.42. The van der Waals surface area contributed by atoms with E-state index in [1.807, 2.05) is 42.9 Å². The Morgan fingerprint density at radius 1 is 1.13 bits per heavy atom. The molecule has 0 atom stereocenters. The number of aryl methyl sites for hydroxylation is 3. The lowest BCUT2D eigenvalue weighted by Crippen LogP contribution is -2.26. The molecule has 4 heterocycles. The number of rotatable bonds is 6. The van der Waals surface area contributed by atoms with Gasteiger partial charge in [-0.3, -0.25) is 14.1 Å². The van der Waals surface area contributed by atoms with E-state index in [2.05, 4.69) is 15.0 Å². The number of fused-ring (bicyclic) bond motifs is 1. The van der Waals surface area contributed by atoms with Crippen LogP contribution in [-0.2, 0) is 19.6 Å². The number of methoxy groups -OCH3 is 1. The lowest BCUT2D eigenvalue weighted by Gasteiger charge is -2.12. The van der Waals surface area contributed by atoms with E-state index in [0.29, 0.717) is 30.0 Å². The van der Waals surface area contributed by atoms with Gasteiger partial charge < -0.3 is 15.0 Å². The molecule has 0 spiro atoms. The second-order valence-electron chi connectivity index (χ2n) is 7.01. The first-order valence-corrected chi connectivity index (χ1v) is 9.80. The summed E-state index contributed by atoms with van der Waals surface area (Å²) in [5.74, 6) is 0.712. The summed E-state index contributed by atoms with van der Waals surface area (Å²) in [7, 11) is 1.60. The number of nitrogens with two attached hydrogens (primary N) is 1. The third-order valence-corrected chi connectivity index (χ3v) is 5.44. The Balaban J connectivity index is 1.84. The molecule has 4 aromatic heterocycles. The second kappa shape index (κ2) is 7.83. The molecule has 2 N–H and O–H groups in total. The number of imidazole rings is 1. The van der Waals surface area contributed by atoms with Gasteiger partial charge in [0.1, 0.15) is 11.3 Å². The fraction of sp³-hybridized carbons (Fsp3) is 0.300. The Morgan fingerprint density at radius 3 is 2.57 bits per heavy atom. The third kappa shape index (κ3) is 3.41. The van der Waals surface area contributed by atoms with Crippen molar-refractivity contribution in [1.82, 2.24) is 28.7 Å². The van der Waals surface area contributed by atoms with Crippen molar-refractivity contribution < 1.29 is 4.74 Å². The van der Waals surface area contributed by atoms with Gasteiger partial charge in [0.05, 0.1) is 19.3 Å². The van der Waals surface area contributed by atoms with Crippen molar-refractivity contribution in [1.29, 1.82) is 0 Å². The molecule has 0 aliphatic carbocycles. The van der Waals surface area contributed by atoms with Crippen LogP contribution in [0.1, 0.15) is 16.8 Å².